The number of amides is 1. The fraction of sp³-hybridized carbons (Fsp3) is 0.375. The van der Waals surface area contributed by atoms with Gasteiger partial charge in [-0.3, -0.25) is 9.59 Å². The van der Waals surface area contributed by atoms with Gasteiger partial charge in [-0.05, 0) is 52.7 Å². The van der Waals surface area contributed by atoms with Gasteiger partial charge in [0.25, 0.3) is 5.91 Å². The van der Waals surface area contributed by atoms with E-state index in [1.165, 1.54) is 0 Å². The molecular formula is C16H16BrNO3. The van der Waals surface area contributed by atoms with Gasteiger partial charge >= 0.3 is 5.97 Å². The van der Waals surface area contributed by atoms with Crippen molar-refractivity contribution in [2.45, 2.75) is 12.8 Å². The van der Waals surface area contributed by atoms with E-state index in [-0.39, 0.29) is 24.4 Å². The van der Waals surface area contributed by atoms with E-state index in [0.29, 0.717) is 17.5 Å². The monoisotopic (exact) mass is 349 g/mol. The second-order valence-electron chi connectivity index (χ2n) is 5.52. The zero-order valence-electron chi connectivity index (χ0n) is 11.4. The van der Waals surface area contributed by atoms with Gasteiger partial charge in [0.05, 0.1) is 11.6 Å². The summed E-state index contributed by atoms with van der Waals surface area (Å²) in [5.74, 6) is 0.162. The average Bonchev–Trinajstić information content (AvgIpc) is 3.10. The molecule has 3 rings (SSSR count). The van der Waals surface area contributed by atoms with Gasteiger partial charge in [0.2, 0.25) is 0 Å². The maximum atomic E-state index is 12.0. The SMILES string of the molecule is O=C(COC(=O)[C@H]1C[C@H]2C=C[C@H]1C2)Nc1ccccc1Br. The Kier molecular flexibility index (Phi) is 4.10. The number of benzene rings is 1. The standard InChI is InChI=1S/C16H16BrNO3/c17-13-3-1-2-4-14(13)18-15(19)9-21-16(20)12-8-10-5-6-11(12)7-10/h1-6,10-12H,7-9H2,(H,18,19)/t10-,11-,12-/m0/s1. The van der Waals surface area contributed by atoms with E-state index in [1.54, 1.807) is 6.07 Å². The summed E-state index contributed by atoms with van der Waals surface area (Å²) in [5.41, 5.74) is 0.668. The fourth-order valence-electron chi connectivity index (χ4n) is 3.04. The Balaban J connectivity index is 1.49. The predicted octanol–water partition coefficient (Wildman–Crippen LogP) is 3.14. The number of carbonyl (C=O) groups excluding carboxylic acids is 2. The normalized spacial score (nSPS) is 25.9. The van der Waals surface area contributed by atoms with Gasteiger partial charge < -0.3 is 10.1 Å². The average molecular weight is 350 g/mol. The number of allylic oxidation sites excluding steroid dienone is 2. The van der Waals surface area contributed by atoms with Crippen LogP contribution in [0.2, 0.25) is 0 Å². The molecule has 2 aliphatic rings. The maximum absolute atomic E-state index is 12.0. The predicted molar refractivity (Wildman–Crippen MR) is 82.6 cm³/mol. The van der Waals surface area contributed by atoms with Crippen molar-refractivity contribution >= 4 is 33.5 Å². The molecule has 3 atom stereocenters. The molecule has 1 saturated carbocycles. The number of rotatable bonds is 4. The lowest BCUT2D eigenvalue weighted by Crippen LogP contribution is -2.26. The zero-order valence-corrected chi connectivity index (χ0v) is 13.0. The van der Waals surface area contributed by atoms with Crippen LogP contribution in [-0.4, -0.2) is 18.5 Å². The molecule has 0 heterocycles. The smallest absolute Gasteiger partial charge is 0.310 e. The molecule has 0 aromatic heterocycles. The van der Waals surface area contributed by atoms with E-state index in [1.807, 2.05) is 18.2 Å². The van der Waals surface area contributed by atoms with Gasteiger partial charge in [-0.1, -0.05) is 24.3 Å². The Morgan fingerprint density at radius 2 is 2.05 bits per heavy atom. The molecule has 21 heavy (non-hydrogen) atoms. The molecule has 110 valence electrons. The maximum Gasteiger partial charge on any atom is 0.310 e. The number of halogens is 1. The molecule has 1 aromatic rings. The van der Waals surface area contributed by atoms with Crippen molar-refractivity contribution in [3.8, 4) is 0 Å². The third-order valence-corrected chi connectivity index (χ3v) is 4.77. The third-order valence-electron chi connectivity index (χ3n) is 4.08. The molecule has 0 spiro atoms. The molecular weight excluding hydrogens is 334 g/mol. The van der Waals surface area contributed by atoms with Gasteiger partial charge in [0, 0.05) is 4.47 Å². The Morgan fingerprint density at radius 1 is 1.24 bits per heavy atom. The van der Waals surface area contributed by atoms with Crippen molar-refractivity contribution in [3.05, 3.63) is 40.9 Å². The summed E-state index contributed by atoms with van der Waals surface area (Å²) in [7, 11) is 0. The highest BCUT2D eigenvalue weighted by molar-refractivity contribution is 9.10. The highest BCUT2D eigenvalue weighted by atomic mass is 79.9. The summed E-state index contributed by atoms with van der Waals surface area (Å²) in [5, 5.41) is 2.71. The molecule has 1 aromatic carbocycles. The lowest BCUT2D eigenvalue weighted by molar-refractivity contribution is -0.152. The lowest BCUT2D eigenvalue weighted by atomic mass is 9.94. The first-order valence-corrected chi connectivity index (χ1v) is 7.82. The largest absolute Gasteiger partial charge is 0.455 e. The van der Waals surface area contributed by atoms with E-state index in [2.05, 4.69) is 33.4 Å². The Morgan fingerprint density at radius 3 is 2.71 bits per heavy atom. The molecule has 1 amide bonds. The fourth-order valence-corrected chi connectivity index (χ4v) is 3.43. The first-order chi connectivity index (χ1) is 10.1. The number of carbonyl (C=O) groups is 2. The number of hydrogen-bond donors (Lipinski definition) is 1. The van der Waals surface area contributed by atoms with Crippen molar-refractivity contribution in [1.82, 2.24) is 0 Å². The molecule has 4 nitrogen and oxygen atoms in total. The Labute approximate surface area is 131 Å². The van der Waals surface area contributed by atoms with E-state index >= 15 is 0 Å². The number of para-hydroxylation sites is 1. The van der Waals surface area contributed by atoms with Crippen LogP contribution in [0.4, 0.5) is 5.69 Å². The highest BCUT2D eigenvalue weighted by Gasteiger charge is 2.40. The number of fused-ring (bicyclic) bond motifs is 2. The van der Waals surface area contributed by atoms with Crippen molar-refractivity contribution in [2.24, 2.45) is 17.8 Å². The van der Waals surface area contributed by atoms with Crippen LogP contribution < -0.4 is 5.32 Å². The van der Waals surface area contributed by atoms with Crippen LogP contribution in [0.5, 0.6) is 0 Å². The van der Waals surface area contributed by atoms with Crippen LogP contribution in [0.1, 0.15) is 12.8 Å². The van der Waals surface area contributed by atoms with Gasteiger partial charge in [0.1, 0.15) is 0 Å². The minimum Gasteiger partial charge on any atom is -0.455 e. The first-order valence-electron chi connectivity index (χ1n) is 7.03. The van der Waals surface area contributed by atoms with Crippen LogP contribution in [-0.2, 0) is 14.3 Å². The number of nitrogens with one attached hydrogen (secondary N) is 1. The highest BCUT2D eigenvalue weighted by Crippen LogP contribution is 2.43. The molecule has 1 fully saturated rings. The first kappa shape index (κ1) is 14.3. The van der Waals surface area contributed by atoms with E-state index < -0.39 is 0 Å². The second-order valence-corrected chi connectivity index (χ2v) is 6.38. The lowest BCUT2D eigenvalue weighted by Gasteiger charge is -2.16. The van der Waals surface area contributed by atoms with Crippen molar-refractivity contribution < 1.29 is 14.3 Å². The number of anilines is 1. The summed E-state index contributed by atoms with van der Waals surface area (Å²) in [4.78, 5) is 23.8. The van der Waals surface area contributed by atoms with Gasteiger partial charge in [-0.25, -0.2) is 0 Å². The second kappa shape index (κ2) is 6.02. The zero-order chi connectivity index (χ0) is 14.8. The molecule has 0 aliphatic heterocycles. The summed E-state index contributed by atoms with van der Waals surface area (Å²) in [6, 6.07) is 7.31. The number of esters is 1. The molecule has 1 N–H and O–H groups in total. The molecule has 0 saturated heterocycles. The minimum atomic E-state index is -0.325. The molecule has 5 heteroatoms. The molecule has 0 radical (unpaired) electrons. The van der Waals surface area contributed by atoms with Crippen LogP contribution in [0.3, 0.4) is 0 Å². The number of ether oxygens (including phenoxy) is 1. The van der Waals surface area contributed by atoms with E-state index in [0.717, 1.165) is 17.3 Å². The van der Waals surface area contributed by atoms with Crippen LogP contribution in [0, 0.1) is 17.8 Å². The third kappa shape index (κ3) is 3.18. The quantitative estimate of drug-likeness (QED) is 0.671. The minimum absolute atomic E-state index is 0.0729. The van der Waals surface area contributed by atoms with E-state index in [4.69, 9.17) is 4.74 Å². The van der Waals surface area contributed by atoms with Crippen LogP contribution >= 0.6 is 15.9 Å². The summed E-state index contributed by atoms with van der Waals surface area (Å²) < 4.78 is 5.95. The summed E-state index contributed by atoms with van der Waals surface area (Å²) in [6.45, 7) is -0.238. The van der Waals surface area contributed by atoms with Gasteiger partial charge in [-0.2, -0.15) is 0 Å². The van der Waals surface area contributed by atoms with Crippen LogP contribution in [0.15, 0.2) is 40.9 Å². The van der Waals surface area contributed by atoms with E-state index in [9.17, 15) is 9.59 Å². The Bertz CT molecular complexity index is 599. The summed E-state index contributed by atoms with van der Waals surface area (Å²) in [6.07, 6.45) is 6.17. The van der Waals surface area contributed by atoms with Gasteiger partial charge in [0.15, 0.2) is 6.61 Å². The number of hydrogen-bond acceptors (Lipinski definition) is 3. The molecule has 2 bridgehead atoms. The molecule has 0 unspecified atom stereocenters. The summed E-state index contributed by atoms with van der Waals surface area (Å²) >= 11 is 3.35. The van der Waals surface area contributed by atoms with Crippen molar-refractivity contribution in [1.29, 1.82) is 0 Å². The topological polar surface area (TPSA) is 55.4 Å². The van der Waals surface area contributed by atoms with Crippen molar-refractivity contribution in [3.63, 3.8) is 0 Å². The molecule has 2 aliphatic carbocycles. The van der Waals surface area contributed by atoms with Gasteiger partial charge in [-0.15, -0.1) is 0 Å². The van der Waals surface area contributed by atoms with Crippen LogP contribution in [0.25, 0.3) is 0 Å². The Hall–Kier alpha value is -1.62. The van der Waals surface area contributed by atoms with Crippen molar-refractivity contribution in [2.75, 3.05) is 11.9 Å².